The third-order valence-corrected chi connectivity index (χ3v) is 4.82. The van der Waals surface area contributed by atoms with Gasteiger partial charge in [-0.1, -0.05) is 13.3 Å². The Morgan fingerprint density at radius 2 is 1.60 bits per heavy atom. The third kappa shape index (κ3) is 1.86. The third-order valence-electron chi connectivity index (χ3n) is 4.82. The van der Waals surface area contributed by atoms with Gasteiger partial charge in [0.05, 0.1) is 5.92 Å². The van der Waals surface area contributed by atoms with Crippen molar-refractivity contribution in [3.05, 3.63) is 43.5 Å². The molecule has 2 atom stereocenters. The summed E-state index contributed by atoms with van der Waals surface area (Å²) < 4.78 is 0. The summed E-state index contributed by atoms with van der Waals surface area (Å²) in [5.41, 5.74) is 5.26. The Balaban J connectivity index is 2.77. The number of benzene rings is 1. The number of Topliss-reactive ketones (excluding diaryl/α,β-unsaturated/α-hetero) is 1. The minimum absolute atomic E-state index is 0.0350. The van der Waals surface area contributed by atoms with Crippen molar-refractivity contribution in [2.75, 3.05) is 0 Å². The fourth-order valence-corrected chi connectivity index (χ4v) is 3.41. The molecule has 0 amide bonds. The summed E-state index contributed by atoms with van der Waals surface area (Å²) in [5, 5.41) is 11.5. The molecule has 0 unspecified atom stereocenters. The summed E-state index contributed by atoms with van der Waals surface area (Å²) in [7, 11) is 0. The van der Waals surface area contributed by atoms with Crippen LogP contribution in [0.3, 0.4) is 0 Å². The molecule has 1 aromatic carbocycles. The second-order valence-electron chi connectivity index (χ2n) is 5.78. The lowest BCUT2D eigenvalue weighted by molar-refractivity contribution is -0.534. The molecule has 0 aromatic heterocycles. The number of nitro groups is 1. The SMILES string of the molecule is CCC[C@@H]1C(=O)c2c(C)c(C)c(C)c(C)c2[C@@H]1[N+](=O)[O-]. The van der Waals surface area contributed by atoms with E-state index >= 15 is 0 Å². The average molecular weight is 275 g/mol. The number of carbonyl (C=O) groups excluding carboxylic acids is 1. The zero-order chi connectivity index (χ0) is 15.2. The van der Waals surface area contributed by atoms with E-state index < -0.39 is 12.0 Å². The molecule has 0 radical (unpaired) electrons. The lowest BCUT2D eigenvalue weighted by Crippen LogP contribution is -2.20. The van der Waals surface area contributed by atoms with Gasteiger partial charge >= 0.3 is 0 Å². The molecule has 108 valence electrons. The van der Waals surface area contributed by atoms with E-state index in [4.69, 9.17) is 0 Å². The molecule has 1 aliphatic carbocycles. The molecule has 4 heteroatoms. The zero-order valence-electron chi connectivity index (χ0n) is 12.7. The Kier molecular flexibility index (Phi) is 3.67. The van der Waals surface area contributed by atoms with E-state index in [-0.39, 0.29) is 10.7 Å². The van der Waals surface area contributed by atoms with Crippen molar-refractivity contribution in [2.24, 2.45) is 5.92 Å². The first kappa shape index (κ1) is 14.7. The topological polar surface area (TPSA) is 60.2 Å². The lowest BCUT2D eigenvalue weighted by Gasteiger charge is -2.16. The minimum atomic E-state index is -0.865. The Bertz CT molecular complexity index is 604. The first-order valence-corrected chi connectivity index (χ1v) is 7.10. The Labute approximate surface area is 119 Å². The van der Waals surface area contributed by atoms with Crippen LogP contribution in [0, 0.1) is 43.7 Å². The normalized spacial score (nSPS) is 21.1. The highest BCUT2D eigenvalue weighted by Crippen LogP contribution is 2.45. The fourth-order valence-electron chi connectivity index (χ4n) is 3.41. The van der Waals surface area contributed by atoms with Crippen LogP contribution in [0.2, 0.25) is 0 Å². The van der Waals surface area contributed by atoms with E-state index in [2.05, 4.69) is 0 Å². The number of rotatable bonds is 3. The predicted octanol–water partition coefficient (Wildman–Crippen LogP) is 3.85. The van der Waals surface area contributed by atoms with Gasteiger partial charge in [-0.05, 0) is 56.4 Å². The van der Waals surface area contributed by atoms with Crippen molar-refractivity contribution in [1.29, 1.82) is 0 Å². The van der Waals surface area contributed by atoms with Crippen LogP contribution in [0.15, 0.2) is 0 Å². The van der Waals surface area contributed by atoms with E-state index in [1.807, 2.05) is 34.6 Å². The number of hydrogen-bond acceptors (Lipinski definition) is 3. The summed E-state index contributed by atoms with van der Waals surface area (Å²) >= 11 is 0. The molecule has 0 spiro atoms. The van der Waals surface area contributed by atoms with Gasteiger partial charge < -0.3 is 0 Å². The zero-order valence-corrected chi connectivity index (χ0v) is 12.7. The highest BCUT2D eigenvalue weighted by molar-refractivity contribution is 6.05. The largest absolute Gasteiger partial charge is 0.294 e. The van der Waals surface area contributed by atoms with E-state index in [1.165, 1.54) is 0 Å². The van der Waals surface area contributed by atoms with E-state index in [0.717, 1.165) is 28.7 Å². The van der Waals surface area contributed by atoms with Crippen molar-refractivity contribution in [3.63, 3.8) is 0 Å². The predicted molar refractivity (Wildman–Crippen MR) is 77.9 cm³/mol. The van der Waals surface area contributed by atoms with Crippen LogP contribution >= 0.6 is 0 Å². The molecule has 20 heavy (non-hydrogen) atoms. The summed E-state index contributed by atoms with van der Waals surface area (Å²) in [6.07, 6.45) is 1.36. The second-order valence-corrected chi connectivity index (χ2v) is 5.78. The number of fused-ring (bicyclic) bond motifs is 1. The highest BCUT2D eigenvalue weighted by atomic mass is 16.6. The number of hydrogen-bond donors (Lipinski definition) is 0. The van der Waals surface area contributed by atoms with Gasteiger partial charge in [0, 0.05) is 16.1 Å². The molecule has 1 aromatic rings. The summed E-state index contributed by atoms with van der Waals surface area (Å²) in [5.74, 6) is -0.532. The standard InChI is InChI=1S/C16H21NO3/c1-6-7-12-15(17(19)20)13-10(4)8(2)9(3)11(5)14(13)16(12)18/h12,15H,6-7H2,1-5H3/t12-,15+/m0/s1. The van der Waals surface area contributed by atoms with Crippen LogP contribution in [0.5, 0.6) is 0 Å². The molecule has 0 heterocycles. The molecular weight excluding hydrogens is 254 g/mol. The van der Waals surface area contributed by atoms with Crippen LogP contribution in [0.4, 0.5) is 0 Å². The molecule has 4 nitrogen and oxygen atoms in total. The maximum Gasteiger partial charge on any atom is 0.249 e. The molecular formula is C16H21NO3. The molecule has 2 rings (SSSR count). The van der Waals surface area contributed by atoms with Crippen molar-refractivity contribution < 1.29 is 9.72 Å². The van der Waals surface area contributed by atoms with Crippen LogP contribution in [0.1, 0.15) is 64.0 Å². The molecule has 0 saturated heterocycles. The van der Waals surface area contributed by atoms with E-state index in [1.54, 1.807) is 0 Å². The van der Waals surface area contributed by atoms with Gasteiger partial charge in [-0.2, -0.15) is 0 Å². The van der Waals surface area contributed by atoms with Gasteiger partial charge in [0.2, 0.25) is 6.04 Å². The summed E-state index contributed by atoms with van der Waals surface area (Å²) in [6, 6.07) is -0.865. The minimum Gasteiger partial charge on any atom is -0.294 e. The molecule has 0 N–H and O–H groups in total. The quantitative estimate of drug-likeness (QED) is 0.621. The van der Waals surface area contributed by atoms with Crippen molar-refractivity contribution in [2.45, 2.75) is 53.5 Å². The van der Waals surface area contributed by atoms with Gasteiger partial charge in [-0.15, -0.1) is 0 Å². The molecule has 1 aliphatic rings. The number of nitrogens with zero attached hydrogens (tertiary/aromatic N) is 1. The van der Waals surface area contributed by atoms with Crippen LogP contribution in [-0.2, 0) is 0 Å². The Morgan fingerprint density at radius 1 is 1.05 bits per heavy atom. The molecule has 0 bridgehead atoms. The Hall–Kier alpha value is -1.71. The maximum atomic E-state index is 12.6. The first-order valence-electron chi connectivity index (χ1n) is 7.10. The van der Waals surface area contributed by atoms with Crippen molar-refractivity contribution in [1.82, 2.24) is 0 Å². The van der Waals surface area contributed by atoms with Crippen LogP contribution in [0.25, 0.3) is 0 Å². The monoisotopic (exact) mass is 275 g/mol. The fraction of sp³-hybridized carbons (Fsp3) is 0.562. The van der Waals surface area contributed by atoms with Crippen LogP contribution in [-0.4, -0.2) is 10.7 Å². The maximum absolute atomic E-state index is 12.6. The molecule has 0 saturated carbocycles. The van der Waals surface area contributed by atoms with Gasteiger partial charge in [-0.3, -0.25) is 14.9 Å². The smallest absolute Gasteiger partial charge is 0.249 e. The number of carbonyl (C=O) groups is 1. The first-order chi connectivity index (χ1) is 9.32. The Morgan fingerprint density at radius 3 is 2.10 bits per heavy atom. The summed E-state index contributed by atoms with van der Waals surface area (Å²) in [6.45, 7) is 9.73. The second kappa shape index (κ2) is 5.00. The highest BCUT2D eigenvalue weighted by Gasteiger charge is 2.49. The van der Waals surface area contributed by atoms with Gasteiger partial charge in [-0.25, -0.2) is 0 Å². The van der Waals surface area contributed by atoms with Gasteiger partial charge in [0.1, 0.15) is 0 Å². The number of ketones is 1. The van der Waals surface area contributed by atoms with Gasteiger partial charge in [0.25, 0.3) is 0 Å². The summed E-state index contributed by atoms with van der Waals surface area (Å²) in [4.78, 5) is 23.9. The van der Waals surface area contributed by atoms with E-state index in [9.17, 15) is 14.9 Å². The average Bonchev–Trinajstić information content (AvgIpc) is 2.68. The van der Waals surface area contributed by atoms with Crippen LogP contribution < -0.4 is 0 Å². The molecule has 0 fully saturated rings. The van der Waals surface area contributed by atoms with Crippen molar-refractivity contribution >= 4 is 5.78 Å². The van der Waals surface area contributed by atoms with Gasteiger partial charge in [0.15, 0.2) is 5.78 Å². The lowest BCUT2D eigenvalue weighted by atomic mass is 9.89. The van der Waals surface area contributed by atoms with E-state index in [0.29, 0.717) is 17.5 Å². The van der Waals surface area contributed by atoms with Crippen molar-refractivity contribution in [3.8, 4) is 0 Å². The molecule has 0 aliphatic heterocycles.